The summed E-state index contributed by atoms with van der Waals surface area (Å²) in [5.41, 5.74) is 7.94. The molecule has 0 saturated carbocycles. The van der Waals surface area contributed by atoms with Crippen molar-refractivity contribution in [1.82, 2.24) is 0 Å². The zero-order valence-corrected chi connectivity index (χ0v) is 21.0. The number of halogens is 3. The van der Waals surface area contributed by atoms with Crippen LogP contribution < -0.4 is 0 Å². The highest BCUT2D eigenvalue weighted by molar-refractivity contribution is 7.86. The van der Waals surface area contributed by atoms with E-state index < -0.39 is 15.6 Å². The van der Waals surface area contributed by atoms with Gasteiger partial charge in [0.1, 0.15) is 5.75 Å². The standard InChI is InChI=1S/C28H24O.CHF3O3S/c1-18-7-3-4-8-21(18)15-25-19(2)26-16-22-9-5-6-10-24(22)28(26)17-27(25)20-11-13-23(29)14-12-20;2-1(3,4)8(5,6)7/h3-14,17,29H,15-16H2,1-2H3;(H,5,6,7). The van der Waals surface area contributed by atoms with Crippen molar-refractivity contribution in [3.05, 3.63) is 112 Å². The number of hydrogen-bond acceptors (Lipinski definition) is 3. The van der Waals surface area contributed by atoms with Gasteiger partial charge in [-0.15, -0.1) is 0 Å². The van der Waals surface area contributed by atoms with E-state index in [1.165, 1.54) is 50.1 Å². The van der Waals surface area contributed by atoms with Crippen molar-refractivity contribution < 1.29 is 31.2 Å². The Balaban J connectivity index is 0.000000349. The van der Waals surface area contributed by atoms with E-state index in [4.69, 9.17) is 13.0 Å². The van der Waals surface area contributed by atoms with Gasteiger partial charge >= 0.3 is 15.6 Å². The number of hydrogen-bond donors (Lipinski definition) is 2. The summed E-state index contributed by atoms with van der Waals surface area (Å²) < 4.78 is 57.5. The van der Waals surface area contributed by atoms with Crippen molar-refractivity contribution in [2.24, 2.45) is 0 Å². The lowest BCUT2D eigenvalue weighted by molar-refractivity contribution is -0.0510. The SMILES string of the molecule is Cc1ccccc1Cc1c(-c2ccc(O)cc2)cc2c(c1C)Cc1ccccc1-2.O=S(=O)(O)C(F)(F)F. The number of rotatable bonds is 3. The van der Waals surface area contributed by atoms with Crippen LogP contribution in [0.25, 0.3) is 22.3 Å². The Bertz CT molecular complexity index is 1560. The molecule has 0 fully saturated rings. The van der Waals surface area contributed by atoms with Gasteiger partial charge in [0.15, 0.2) is 0 Å². The second-order valence-corrected chi connectivity index (χ2v) is 10.4. The lowest BCUT2D eigenvalue weighted by atomic mass is 9.85. The Labute approximate surface area is 213 Å². The zero-order valence-electron chi connectivity index (χ0n) is 20.2. The van der Waals surface area contributed by atoms with E-state index >= 15 is 0 Å². The van der Waals surface area contributed by atoms with Crippen molar-refractivity contribution in [2.75, 3.05) is 0 Å². The second-order valence-electron chi connectivity index (χ2n) is 8.96. The van der Waals surface area contributed by atoms with Crippen LogP contribution in [-0.4, -0.2) is 23.6 Å². The topological polar surface area (TPSA) is 74.6 Å². The molecule has 1 aliphatic rings. The van der Waals surface area contributed by atoms with Gasteiger partial charge in [-0.25, -0.2) is 0 Å². The van der Waals surface area contributed by atoms with Gasteiger partial charge in [-0.2, -0.15) is 21.6 Å². The van der Waals surface area contributed by atoms with Crippen molar-refractivity contribution in [1.29, 1.82) is 0 Å². The Hall–Kier alpha value is -3.62. The molecule has 8 heteroatoms. The van der Waals surface area contributed by atoms with Crippen LogP contribution in [0, 0.1) is 13.8 Å². The lowest BCUT2D eigenvalue weighted by Gasteiger charge is -2.19. The summed E-state index contributed by atoms with van der Waals surface area (Å²) in [6.45, 7) is 4.47. The van der Waals surface area contributed by atoms with Crippen LogP contribution in [0.2, 0.25) is 0 Å². The fourth-order valence-corrected chi connectivity index (χ4v) is 4.63. The fourth-order valence-electron chi connectivity index (χ4n) is 4.63. The molecule has 0 saturated heterocycles. The first-order valence-electron chi connectivity index (χ1n) is 11.5. The van der Waals surface area contributed by atoms with E-state index in [1.54, 1.807) is 12.1 Å². The molecule has 1 aliphatic carbocycles. The van der Waals surface area contributed by atoms with E-state index in [0.717, 1.165) is 18.4 Å². The molecule has 192 valence electrons. The molecule has 5 rings (SSSR count). The molecule has 37 heavy (non-hydrogen) atoms. The predicted molar refractivity (Wildman–Crippen MR) is 138 cm³/mol. The minimum absolute atomic E-state index is 0.303. The van der Waals surface area contributed by atoms with Gasteiger partial charge in [0.05, 0.1) is 0 Å². The molecule has 4 nitrogen and oxygen atoms in total. The van der Waals surface area contributed by atoms with Crippen LogP contribution in [0.1, 0.15) is 33.4 Å². The van der Waals surface area contributed by atoms with Gasteiger partial charge in [-0.3, -0.25) is 4.55 Å². The number of phenolic OH excluding ortho intramolecular Hbond substituents is 1. The van der Waals surface area contributed by atoms with Gasteiger partial charge in [-0.1, -0.05) is 60.7 Å². The molecule has 0 spiro atoms. The average molecular weight is 527 g/mol. The molecule has 4 aromatic rings. The fraction of sp³-hybridized carbons (Fsp3) is 0.172. The largest absolute Gasteiger partial charge is 0.522 e. The third kappa shape index (κ3) is 5.55. The number of phenols is 1. The molecule has 0 atom stereocenters. The molecule has 0 unspecified atom stereocenters. The van der Waals surface area contributed by atoms with Gasteiger partial charge < -0.3 is 5.11 Å². The molecule has 0 amide bonds. The van der Waals surface area contributed by atoms with Gasteiger partial charge in [0.2, 0.25) is 0 Å². The summed E-state index contributed by atoms with van der Waals surface area (Å²) in [6, 6.07) is 27.4. The van der Waals surface area contributed by atoms with E-state index in [0.29, 0.717) is 5.75 Å². The van der Waals surface area contributed by atoms with Crippen LogP contribution in [0.5, 0.6) is 5.75 Å². The highest BCUT2D eigenvalue weighted by Crippen LogP contribution is 2.43. The monoisotopic (exact) mass is 526 g/mol. The molecular formula is C29H25F3O4S. The van der Waals surface area contributed by atoms with E-state index in [9.17, 15) is 18.3 Å². The molecule has 0 aromatic heterocycles. The van der Waals surface area contributed by atoms with Gasteiger partial charge in [-0.05, 0) is 101 Å². The van der Waals surface area contributed by atoms with Crippen molar-refractivity contribution >= 4 is 10.1 Å². The maximum absolute atomic E-state index is 10.7. The summed E-state index contributed by atoms with van der Waals surface area (Å²) in [5.74, 6) is 0.303. The zero-order chi connectivity index (χ0) is 27.0. The smallest absolute Gasteiger partial charge is 0.508 e. The summed E-state index contributed by atoms with van der Waals surface area (Å²) in [5, 5.41) is 9.78. The second kappa shape index (κ2) is 10.0. The van der Waals surface area contributed by atoms with Crippen molar-refractivity contribution in [3.63, 3.8) is 0 Å². The Morgan fingerprint density at radius 3 is 2.05 bits per heavy atom. The van der Waals surface area contributed by atoms with Crippen LogP contribution in [0.4, 0.5) is 13.2 Å². The van der Waals surface area contributed by atoms with Crippen LogP contribution in [0.3, 0.4) is 0 Å². The van der Waals surface area contributed by atoms with Crippen LogP contribution in [-0.2, 0) is 23.0 Å². The quantitative estimate of drug-likeness (QED) is 0.192. The first-order chi connectivity index (χ1) is 17.4. The highest BCUT2D eigenvalue weighted by atomic mass is 32.2. The molecular weight excluding hydrogens is 501 g/mol. The molecule has 4 aromatic carbocycles. The number of aromatic hydroxyl groups is 1. The number of aryl methyl sites for hydroxylation is 1. The van der Waals surface area contributed by atoms with Gasteiger partial charge in [0, 0.05) is 0 Å². The normalized spacial score (nSPS) is 12.4. The Morgan fingerprint density at radius 1 is 0.838 bits per heavy atom. The summed E-state index contributed by atoms with van der Waals surface area (Å²) in [6.07, 6.45) is 1.92. The maximum atomic E-state index is 10.7. The van der Waals surface area contributed by atoms with Crippen LogP contribution >= 0.6 is 0 Å². The van der Waals surface area contributed by atoms with Crippen molar-refractivity contribution in [3.8, 4) is 28.0 Å². The van der Waals surface area contributed by atoms with Crippen molar-refractivity contribution in [2.45, 2.75) is 32.2 Å². The number of fused-ring (bicyclic) bond motifs is 3. The minimum atomic E-state index is -5.84. The van der Waals surface area contributed by atoms with E-state index in [-0.39, 0.29) is 0 Å². The number of alkyl halides is 3. The first kappa shape index (κ1) is 26.4. The molecule has 0 heterocycles. The Kier molecular flexibility index (Phi) is 7.17. The third-order valence-corrected chi connectivity index (χ3v) is 7.20. The summed E-state index contributed by atoms with van der Waals surface area (Å²) in [7, 11) is -5.84. The predicted octanol–water partition coefficient (Wildman–Crippen LogP) is 7.23. The maximum Gasteiger partial charge on any atom is 0.522 e. The minimum Gasteiger partial charge on any atom is -0.508 e. The summed E-state index contributed by atoms with van der Waals surface area (Å²) in [4.78, 5) is 0. The van der Waals surface area contributed by atoms with E-state index in [1.807, 2.05) is 12.1 Å². The van der Waals surface area contributed by atoms with Gasteiger partial charge in [0.25, 0.3) is 0 Å². The first-order valence-corrected chi connectivity index (χ1v) is 12.9. The average Bonchev–Trinajstić information content (AvgIpc) is 3.21. The number of benzene rings is 4. The van der Waals surface area contributed by atoms with E-state index in [2.05, 4.69) is 68.4 Å². The molecule has 0 bridgehead atoms. The summed E-state index contributed by atoms with van der Waals surface area (Å²) >= 11 is 0. The lowest BCUT2D eigenvalue weighted by Crippen LogP contribution is -2.21. The molecule has 2 N–H and O–H groups in total. The Morgan fingerprint density at radius 2 is 1.43 bits per heavy atom. The molecule has 0 aliphatic heterocycles. The third-order valence-electron chi connectivity index (χ3n) is 6.62. The highest BCUT2D eigenvalue weighted by Gasteiger charge is 2.44. The van der Waals surface area contributed by atoms with Crippen LogP contribution in [0.15, 0.2) is 78.9 Å². The molecule has 0 radical (unpaired) electrons.